The SMILES string of the molecule is COCCc1c(C)csc1S(N)(=O)=O. The molecule has 6 heteroatoms. The van der Waals surface area contributed by atoms with Crippen LogP contribution >= 0.6 is 11.3 Å². The molecule has 4 nitrogen and oxygen atoms in total. The standard InChI is InChI=1S/C8H13NO3S2/c1-6-5-13-8(14(9,10)11)7(6)3-4-12-2/h5H,3-4H2,1-2H3,(H2,9,10,11). The summed E-state index contributed by atoms with van der Waals surface area (Å²) >= 11 is 1.17. The molecular weight excluding hydrogens is 222 g/mol. The van der Waals surface area contributed by atoms with Crippen molar-refractivity contribution in [2.75, 3.05) is 13.7 Å². The Balaban J connectivity index is 3.07. The maximum Gasteiger partial charge on any atom is 0.247 e. The van der Waals surface area contributed by atoms with E-state index in [0.717, 1.165) is 11.1 Å². The van der Waals surface area contributed by atoms with E-state index in [1.54, 1.807) is 12.5 Å². The van der Waals surface area contributed by atoms with Crippen LogP contribution in [-0.4, -0.2) is 22.1 Å². The molecule has 0 spiro atoms. The first kappa shape index (κ1) is 11.6. The number of thiophene rings is 1. The highest BCUT2D eigenvalue weighted by Crippen LogP contribution is 2.26. The maximum atomic E-state index is 11.2. The Labute approximate surface area is 87.7 Å². The highest BCUT2D eigenvalue weighted by Gasteiger charge is 2.17. The van der Waals surface area contributed by atoms with E-state index in [0.29, 0.717) is 13.0 Å². The Morgan fingerprint density at radius 3 is 2.71 bits per heavy atom. The Morgan fingerprint density at radius 2 is 2.21 bits per heavy atom. The van der Waals surface area contributed by atoms with Gasteiger partial charge in [0.2, 0.25) is 10.0 Å². The van der Waals surface area contributed by atoms with E-state index >= 15 is 0 Å². The fraction of sp³-hybridized carbons (Fsp3) is 0.500. The minimum Gasteiger partial charge on any atom is -0.384 e. The molecule has 14 heavy (non-hydrogen) atoms. The lowest BCUT2D eigenvalue weighted by molar-refractivity contribution is 0.202. The normalized spacial score (nSPS) is 11.9. The molecule has 0 saturated carbocycles. The molecule has 0 aromatic carbocycles. The first-order valence-electron chi connectivity index (χ1n) is 4.05. The van der Waals surface area contributed by atoms with Gasteiger partial charge < -0.3 is 4.74 Å². The van der Waals surface area contributed by atoms with Gasteiger partial charge in [-0.05, 0) is 29.9 Å². The molecular formula is C8H13NO3S2. The van der Waals surface area contributed by atoms with Crippen LogP contribution in [0.15, 0.2) is 9.59 Å². The molecule has 1 aromatic rings. The Hall–Kier alpha value is -0.430. The molecule has 0 aliphatic heterocycles. The van der Waals surface area contributed by atoms with E-state index in [1.807, 2.05) is 6.92 Å². The molecule has 0 bridgehead atoms. The van der Waals surface area contributed by atoms with Crippen LogP contribution in [0.3, 0.4) is 0 Å². The van der Waals surface area contributed by atoms with Crippen molar-refractivity contribution in [3.63, 3.8) is 0 Å². The van der Waals surface area contributed by atoms with Crippen molar-refractivity contribution in [2.45, 2.75) is 17.6 Å². The van der Waals surface area contributed by atoms with Crippen molar-refractivity contribution in [2.24, 2.45) is 5.14 Å². The van der Waals surface area contributed by atoms with E-state index in [1.165, 1.54) is 11.3 Å². The number of hydrogen-bond donors (Lipinski definition) is 1. The number of rotatable bonds is 4. The second-order valence-electron chi connectivity index (χ2n) is 2.97. The van der Waals surface area contributed by atoms with Gasteiger partial charge in [0.1, 0.15) is 4.21 Å². The molecule has 0 saturated heterocycles. The highest BCUT2D eigenvalue weighted by molar-refractivity contribution is 7.91. The van der Waals surface area contributed by atoms with Crippen molar-refractivity contribution < 1.29 is 13.2 Å². The third-order valence-corrected chi connectivity index (χ3v) is 4.56. The zero-order valence-electron chi connectivity index (χ0n) is 8.11. The van der Waals surface area contributed by atoms with Gasteiger partial charge in [-0.25, -0.2) is 13.6 Å². The lowest BCUT2D eigenvalue weighted by atomic mass is 10.2. The monoisotopic (exact) mass is 235 g/mol. The molecule has 0 aliphatic carbocycles. The summed E-state index contributed by atoms with van der Waals surface area (Å²) in [5.41, 5.74) is 1.73. The zero-order chi connectivity index (χ0) is 10.8. The van der Waals surface area contributed by atoms with Crippen molar-refractivity contribution in [3.8, 4) is 0 Å². The quantitative estimate of drug-likeness (QED) is 0.842. The zero-order valence-corrected chi connectivity index (χ0v) is 9.74. The summed E-state index contributed by atoms with van der Waals surface area (Å²) < 4.78 is 27.5. The van der Waals surface area contributed by atoms with Crippen LogP contribution < -0.4 is 5.14 Å². The summed E-state index contributed by atoms with van der Waals surface area (Å²) in [7, 11) is -2.00. The molecule has 0 amide bonds. The molecule has 80 valence electrons. The largest absolute Gasteiger partial charge is 0.384 e. The second kappa shape index (κ2) is 4.39. The number of nitrogens with two attached hydrogens (primary N) is 1. The third-order valence-electron chi connectivity index (χ3n) is 1.88. The molecule has 2 N–H and O–H groups in total. The average molecular weight is 235 g/mol. The molecule has 0 fully saturated rings. The van der Waals surface area contributed by atoms with Gasteiger partial charge >= 0.3 is 0 Å². The summed E-state index contributed by atoms with van der Waals surface area (Å²) in [6, 6.07) is 0. The predicted octanol–water partition coefficient (Wildman–Crippen LogP) is 0.893. The number of ether oxygens (including phenoxy) is 1. The average Bonchev–Trinajstić information content (AvgIpc) is 2.42. The first-order chi connectivity index (χ1) is 6.46. The van der Waals surface area contributed by atoms with Crippen LogP contribution in [0.2, 0.25) is 0 Å². The van der Waals surface area contributed by atoms with Gasteiger partial charge in [0.15, 0.2) is 0 Å². The molecule has 1 rings (SSSR count). The maximum absolute atomic E-state index is 11.2. The van der Waals surface area contributed by atoms with Crippen molar-refractivity contribution >= 4 is 21.4 Å². The summed E-state index contributed by atoms with van der Waals surface area (Å²) in [5, 5.41) is 6.88. The lowest BCUT2D eigenvalue weighted by Gasteiger charge is -2.02. The summed E-state index contributed by atoms with van der Waals surface area (Å²) in [6.07, 6.45) is 0.581. The van der Waals surface area contributed by atoms with Crippen LogP contribution in [-0.2, 0) is 21.2 Å². The molecule has 1 heterocycles. The van der Waals surface area contributed by atoms with Gasteiger partial charge in [-0.15, -0.1) is 11.3 Å². The predicted molar refractivity (Wildman–Crippen MR) is 56.0 cm³/mol. The third kappa shape index (κ3) is 2.54. The Morgan fingerprint density at radius 1 is 1.57 bits per heavy atom. The number of methoxy groups -OCH3 is 1. The van der Waals surface area contributed by atoms with Gasteiger partial charge in [0.05, 0.1) is 6.61 Å². The van der Waals surface area contributed by atoms with Gasteiger partial charge in [-0.1, -0.05) is 0 Å². The van der Waals surface area contributed by atoms with E-state index in [-0.39, 0.29) is 4.21 Å². The van der Waals surface area contributed by atoms with Crippen molar-refractivity contribution in [3.05, 3.63) is 16.5 Å². The highest BCUT2D eigenvalue weighted by atomic mass is 32.2. The second-order valence-corrected chi connectivity index (χ2v) is 5.61. The fourth-order valence-electron chi connectivity index (χ4n) is 1.19. The van der Waals surface area contributed by atoms with Crippen LogP contribution in [0.5, 0.6) is 0 Å². The van der Waals surface area contributed by atoms with Gasteiger partial charge in [0, 0.05) is 7.11 Å². The smallest absolute Gasteiger partial charge is 0.247 e. The topological polar surface area (TPSA) is 69.4 Å². The molecule has 0 radical (unpaired) electrons. The van der Waals surface area contributed by atoms with Crippen LogP contribution in [0.25, 0.3) is 0 Å². The van der Waals surface area contributed by atoms with E-state index in [4.69, 9.17) is 9.88 Å². The van der Waals surface area contributed by atoms with Gasteiger partial charge in [0.25, 0.3) is 0 Å². The fourth-order valence-corrected chi connectivity index (χ4v) is 3.31. The van der Waals surface area contributed by atoms with E-state index in [2.05, 4.69) is 0 Å². The number of hydrogen-bond acceptors (Lipinski definition) is 4. The molecule has 0 atom stereocenters. The Kier molecular flexibility index (Phi) is 3.65. The van der Waals surface area contributed by atoms with Gasteiger partial charge in [-0.3, -0.25) is 0 Å². The number of aryl methyl sites for hydroxylation is 1. The van der Waals surface area contributed by atoms with Crippen LogP contribution in [0.4, 0.5) is 0 Å². The lowest BCUT2D eigenvalue weighted by Crippen LogP contribution is -2.13. The molecule has 0 unspecified atom stereocenters. The first-order valence-corrected chi connectivity index (χ1v) is 6.48. The van der Waals surface area contributed by atoms with Crippen molar-refractivity contribution in [1.29, 1.82) is 0 Å². The van der Waals surface area contributed by atoms with Crippen LogP contribution in [0, 0.1) is 6.92 Å². The van der Waals surface area contributed by atoms with E-state index in [9.17, 15) is 8.42 Å². The summed E-state index contributed by atoms with van der Waals surface area (Å²) in [5.74, 6) is 0. The van der Waals surface area contributed by atoms with Crippen molar-refractivity contribution in [1.82, 2.24) is 0 Å². The number of sulfonamides is 1. The van der Waals surface area contributed by atoms with Crippen LogP contribution in [0.1, 0.15) is 11.1 Å². The summed E-state index contributed by atoms with van der Waals surface area (Å²) in [4.78, 5) is 0. The number of primary sulfonamides is 1. The summed E-state index contributed by atoms with van der Waals surface area (Å²) in [6.45, 7) is 2.37. The Bertz CT molecular complexity index is 408. The minimum absolute atomic E-state index is 0.257. The van der Waals surface area contributed by atoms with Gasteiger partial charge in [-0.2, -0.15) is 0 Å². The molecule has 1 aromatic heterocycles. The molecule has 0 aliphatic rings. The minimum atomic E-state index is -3.58. The van der Waals surface area contributed by atoms with E-state index < -0.39 is 10.0 Å².